The standard InChI is InChI=1S/C20H17NOP/c22-16-21-17-23(18-10-4-1-5-11-18,19-12-6-2-7-13-19)20-14-8-3-9-15-20/h1-15H,17H2/q+1. The first-order chi connectivity index (χ1) is 11.4. The lowest BCUT2D eigenvalue weighted by atomic mass is 10.4. The molecule has 2 nitrogen and oxygen atoms in total. The van der Waals surface area contributed by atoms with Gasteiger partial charge in [0.25, 0.3) is 0 Å². The normalized spacial score (nSPS) is 10.8. The van der Waals surface area contributed by atoms with Gasteiger partial charge < -0.3 is 0 Å². The van der Waals surface area contributed by atoms with Crippen LogP contribution in [0.3, 0.4) is 0 Å². The first-order valence-corrected chi connectivity index (χ1v) is 9.44. The van der Waals surface area contributed by atoms with Crippen molar-refractivity contribution in [1.29, 1.82) is 0 Å². The van der Waals surface area contributed by atoms with Crippen LogP contribution in [0.4, 0.5) is 0 Å². The fourth-order valence-electron chi connectivity index (χ4n) is 2.87. The molecule has 0 N–H and O–H groups in total. The Balaban J connectivity index is 2.32. The van der Waals surface area contributed by atoms with Crippen molar-refractivity contribution < 1.29 is 4.79 Å². The van der Waals surface area contributed by atoms with E-state index >= 15 is 0 Å². The van der Waals surface area contributed by atoms with E-state index in [4.69, 9.17) is 0 Å². The van der Waals surface area contributed by atoms with Crippen molar-refractivity contribution in [3.63, 3.8) is 0 Å². The van der Waals surface area contributed by atoms with E-state index in [2.05, 4.69) is 41.4 Å². The van der Waals surface area contributed by atoms with Gasteiger partial charge in [-0.2, -0.15) is 4.99 Å². The van der Waals surface area contributed by atoms with Crippen LogP contribution in [-0.2, 0) is 4.79 Å². The molecule has 0 aliphatic heterocycles. The number of aliphatic imine (C=N–C) groups is 1. The molecule has 112 valence electrons. The SMILES string of the molecule is O=C=NC[P+](c1ccccc1)(c1ccccc1)c1ccccc1. The Bertz CT molecular complexity index is 700. The molecule has 3 rings (SSSR count). The Morgan fingerprint density at radius 3 is 1.30 bits per heavy atom. The van der Waals surface area contributed by atoms with E-state index in [0.29, 0.717) is 6.29 Å². The van der Waals surface area contributed by atoms with Crippen LogP contribution in [0.2, 0.25) is 0 Å². The Hall–Kier alpha value is -2.53. The fraction of sp³-hybridized carbons (Fsp3) is 0.0500. The molecule has 0 saturated carbocycles. The van der Waals surface area contributed by atoms with Crippen LogP contribution in [-0.4, -0.2) is 12.4 Å². The van der Waals surface area contributed by atoms with E-state index in [-0.39, 0.29) is 0 Å². The van der Waals surface area contributed by atoms with Crippen LogP contribution in [0.5, 0.6) is 0 Å². The number of hydrogen-bond acceptors (Lipinski definition) is 2. The van der Waals surface area contributed by atoms with Crippen LogP contribution >= 0.6 is 7.26 Å². The zero-order chi connectivity index (χ0) is 16.0. The molecule has 0 spiro atoms. The monoisotopic (exact) mass is 318 g/mol. The van der Waals surface area contributed by atoms with E-state index in [9.17, 15) is 4.79 Å². The van der Waals surface area contributed by atoms with Gasteiger partial charge in [0.05, 0.1) is 0 Å². The third-order valence-electron chi connectivity index (χ3n) is 3.94. The Kier molecular flexibility index (Phi) is 4.78. The lowest BCUT2D eigenvalue weighted by Crippen LogP contribution is -2.32. The second-order valence-corrected chi connectivity index (χ2v) is 8.66. The van der Waals surface area contributed by atoms with Gasteiger partial charge in [-0.25, -0.2) is 4.79 Å². The molecule has 0 aliphatic carbocycles. The summed E-state index contributed by atoms with van der Waals surface area (Å²) in [5.74, 6) is 0. The highest BCUT2D eigenvalue weighted by atomic mass is 31.2. The lowest BCUT2D eigenvalue weighted by molar-refractivity contribution is 0.564. The van der Waals surface area contributed by atoms with Crippen LogP contribution in [0, 0.1) is 0 Å². The number of rotatable bonds is 5. The first-order valence-electron chi connectivity index (χ1n) is 7.46. The zero-order valence-corrected chi connectivity index (χ0v) is 13.6. The summed E-state index contributed by atoms with van der Waals surface area (Å²) >= 11 is 0. The third kappa shape index (κ3) is 3.00. The summed E-state index contributed by atoms with van der Waals surface area (Å²) in [5.41, 5.74) is 0. The predicted octanol–water partition coefficient (Wildman–Crippen LogP) is 3.27. The van der Waals surface area contributed by atoms with Crippen molar-refractivity contribution in [2.24, 2.45) is 4.99 Å². The largest absolute Gasteiger partial charge is 0.238 e. The maximum absolute atomic E-state index is 10.9. The van der Waals surface area contributed by atoms with Gasteiger partial charge in [-0.3, -0.25) is 0 Å². The van der Waals surface area contributed by atoms with Crippen molar-refractivity contribution in [3.05, 3.63) is 91.0 Å². The Morgan fingerprint density at radius 1 is 0.652 bits per heavy atom. The minimum Gasteiger partial charge on any atom is -0.211 e. The number of hydrogen-bond donors (Lipinski definition) is 0. The molecule has 0 amide bonds. The molecule has 0 radical (unpaired) electrons. The van der Waals surface area contributed by atoms with Gasteiger partial charge >= 0.3 is 0 Å². The second kappa shape index (κ2) is 7.15. The Labute approximate surface area is 136 Å². The van der Waals surface area contributed by atoms with Crippen molar-refractivity contribution in [3.8, 4) is 0 Å². The first kappa shape index (κ1) is 15.4. The predicted molar refractivity (Wildman–Crippen MR) is 98.1 cm³/mol. The summed E-state index contributed by atoms with van der Waals surface area (Å²) in [6.45, 7) is 0. The highest BCUT2D eigenvalue weighted by Gasteiger charge is 2.45. The number of nitrogens with zero attached hydrogens (tertiary/aromatic N) is 1. The molecule has 3 aromatic rings. The van der Waals surface area contributed by atoms with E-state index < -0.39 is 7.26 Å². The van der Waals surface area contributed by atoms with Gasteiger partial charge in [-0.15, -0.1) is 0 Å². The fourth-order valence-corrected chi connectivity index (χ4v) is 6.57. The van der Waals surface area contributed by atoms with E-state index in [1.165, 1.54) is 15.9 Å². The summed E-state index contributed by atoms with van der Waals surface area (Å²) in [5, 5.41) is 3.66. The quantitative estimate of drug-likeness (QED) is 0.403. The van der Waals surface area contributed by atoms with Gasteiger partial charge in [0.15, 0.2) is 6.29 Å². The smallest absolute Gasteiger partial charge is 0.211 e. The van der Waals surface area contributed by atoms with Gasteiger partial charge in [0.2, 0.25) is 6.08 Å². The van der Waals surface area contributed by atoms with Crippen molar-refractivity contribution in [1.82, 2.24) is 0 Å². The van der Waals surface area contributed by atoms with Gasteiger partial charge in [0.1, 0.15) is 23.2 Å². The highest BCUT2D eigenvalue weighted by molar-refractivity contribution is 7.95. The maximum atomic E-state index is 10.9. The van der Waals surface area contributed by atoms with Gasteiger partial charge in [-0.1, -0.05) is 54.6 Å². The number of benzene rings is 3. The average Bonchev–Trinajstić information content (AvgIpc) is 2.65. The molecule has 3 heteroatoms. The Morgan fingerprint density at radius 2 is 1.00 bits per heavy atom. The summed E-state index contributed by atoms with van der Waals surface area (Å²) in [4.78, 5) is 14.9. The number of carbonyl (C=O) groups excluding carboxylic acids is 1. The van der Waals surface area contributed by atoms with E-state index in [1.54, 1.807) is 6.08 Å². The lowest BCUT2D eigenvalue weighted by Gasteiger charge is -2.25. The molecular formula is C20H17NOP+. The zero-order valence-electron chi connectivity index (χ0n) is 12.7. The summed E-state index contributed by atoms with van der Waals surface area (Å²) in [6, 6.07) is 31.1. The molecule has 0 unspecified atom stereocenters. The molecule has 0 aromatic heterocycles. The maximum Gasteiger partial charge on any atom is 0.238 e. The average molecular weight is 318 g/mol. The number of isocyanates is 1. The van der Waals surface area contributed by atoms with Crippen LogP contribution < -0.4 is 15.9 Å². The molecule has 0 aliphatic rings. The van der Waals surface area contributed by atoms with Gasteiger partial charge in [-0.05, 0) is 36.4 Å². The molecular weight excluding hydrogens is 301 g/mol. The summed E-state index contributed by atoms with van der Waals surface area (Å²) in [7, 11) is -2.00. The van der Waals surface area contributed by atoms with Crippen molar-refractivity contribution in [2.75, 3.05) is 6.29 Å². The summed E-state index contributed by atoms with van der Waals surface area (Å²) < 4.78 is 0. The van der Waals surface area contributed by atoms with Crippen molar-refractivity contribution in [2.45, 2.75) is 0 Å². The van der Waals surface area contributed by atoms with E-state index in [0.717, 1.165) is 0 Å². The van der Waals surface area contributed by atoms with Crippen LogP contribution in [0.25, 0.3) is 0 Å². The van der Waals surface area contributed by atoms with Crippen LogP contribution in [0.15, 0.2) is 96.0 Å². The molecule has 3 aromatic carbocycles. The third-order valence-corrected chi connectivity index (χ3v) is 8.04. The molecule has 23 heavy (non-hydrogen) atoms. The molecule has 0 atom stereocenters. The minimum absolute atomic E-state index is 0.439. The molecule has 0 saturated heterocycles. The summed E-state index contributed by atoms with van der Waals surface area (Å²) in [6.07, 6.45) is 2.17. The van der Waals surface area contributed by atoms with Crippen LogP contribution in [0.1, 0.15) is 0 Å². The molecule has 0 heterocycles. The minimum atomic E-state index is -2.00. The topological polar surface area (TPSA) is 29.4 Å². The van der Waals surface area contributed by atoms with Crippen molar-refractivity contribution >= 4 is 29.3 Å². The van der Waals surface area contributed by atoms with Gasteiger partial charge in [0, 0.05) is 0 Å². The molecule has 0 bridgehead atoms. The second-order valence-electron chi connectivity index (χ2n) is 5.21. The highest BCUT2D eigenvalue weighted by Crippen LogP contribution is 2.55. The van der Waals surface area contributed by atoms with E-state index in [1.807, 2.05) is 54.6 Å². The molecule has 0 fully saturated rings.